The molecule has 0 bridgehead atoms. The molecule has 0 unspecified atom stereocenters. The number of nitrogens with zero attached hydrogens (tertiary/aromatic N) is 3. The molecule has 2 aromatic rings. The number of ether oxygens (including phenoxy) is 2. The maximum Gasteiger partial charge on any atom is 0.419 e. The predicted molar refractivity (Wildman–Crippen MR) is 59.7 cm³/mol. The zero-order valence-electron chi connectivity index (χ0n) is 10.5. The van der Waals surface area contributed by atoms with Crippen molar-refractivity contribution in [1.82, 2.24) is 9.90 Å². The van der Waals surface area contributed by atoms with Crippen molar-refractivity contribution in [2.75, 3.05) is 13.9 Å². The molecule has 0 aliphatic rings. The van der Waals surface area contributed by atoms with Gasteiger partial charge < -0.3 is 9.47 Å². The van der Waals surface area contributed by atoms with Crippen LogP contribution in [0.25, 0.3) is 0 Å². The highest BCUT2D eigenvalue weighted by atomic mass is 19.4. The Morgan fingerprint density at radius 3 is 2.80 bits per heavy atom. The maximum absolute atomic E-state index is 13.0. The van der Waals surface area contributed by atoms with Crippen LogP contribution in [0.3, 0.4) is 0 Å². The summed E-state index contributed by atoms with van der Waals surface area (Å²) >= 11 is 0. The Hall–Kier alpha value is -2.27. The Balaban J connectivity index is 2.28. The standard InChI is InChI=1S/C12H11F3N3O2/c1-19-8-20-11-3-2-9(6-10(11)12(13,14)15)7-18-16-4-5-17-18/h2-4,6H,7-8H2,1H3/q+1. The molecule has 0 fully saturated rings. The molecule has 20 heavy (non-hydrogen) atoms. The lowest BCUT2D eigenvalue weighted by atomic mass is 10.1. The second kappa shape index (κ2) is 5.79. The van der Waals surface area contributed by atoms with E-state index in [0.29, 0.717) is 5.56 Å². The number of benzene rings is 1. The predicted octanol–water partition coefficient (Wildman–Crippen LogP) is 1.33. The summed E-state index contributed by atoms with van der Waals surface area (Å²) < 4.78 is 48.4. The number of rotatable bonds is 5. The molecule has 5 nitrogen and oxygen atoms in total. The van der Waals surface area contributed by atoms with E-state index in [1.165, 1.54) is 30.2 Å². The molecule has 0 amide bonds. The van der Waals surface area contributed by atoms with Crippen LogP contribution in [0, 0.1) is 6.20 Å². The van der Waals surface area contributed by atoms with Gasteiger partial charge in [0.25, 0.3) is 12.4 Å². The molecule has 0 atom stereocenters. The van der Waals surface area contributed by atoms with Crippen molar-refractivity contribution < 1.29 is 27.7 Å². The van der Waals surface area contributed by atoms with Gasteiger partial charge in [-0.1, -0.05) is 11.2 Å². The molecular formula is C12H11F3N3O2+. The normalized spacial score (nSPS) is 11.2. The molecule has 0 saturated heterocycles. The summed E-state index contributed by atoms with van der Waals surface area (Å²) in [7, 11) is 1.33. The van der Waals surface area contributed by atoms with Crippen LogP contribution in [-0.2, 0) is 17.5 Å². The summed E-state index contributed by atoms with van der Waals surface area (Å²) in [5.74, 6) is -0.275. The van der Waals surface area contributed by atoms with E-state index in [9.17, 15) is 13.2 Å². The topological polar surface area (TPSA) is 50.4 Å². The fraction of sp³-hybridized carbons (Fsp3) is 0.333. The minimum atomic E-state index is -4.51. The molecule has 106 valence electrons. The van der Waals surface area contributed by atoms with Crippen LogP contribution in [-0.4, -0.2) is 23.8 Å². The van der Waals surface area contributed by atoms with Crippen LogP contribution in [0.2, 0.25) is 0 Å². The zero-order chi connectivity index (χ0) is 14.6. The highest BCUT2D eigenvalue weighted by molar-refractivity contribution is 5.39. The van der Waals surface area contributed by atoms with Gasteiger partial charge in [0.1, 0.15) is 12.3 Å². The van der Waals surface area contributed by atoms with Crippen molar-refractivity contribution in [3.63, 3.8) is 0 Å². The van der Waals surface area contributed by atoms with Gasteiger partial charge in [-0.25, -0.2) is 0 Å². The first-order chi connectivity index (χ1) is 9.50. The van der Waals surface area contributed by atoms with Crippen molar-refractivity contribution in [3.05, 3.63) is 41.7 Å². The van der Waals surface area contributed by atoms with E-state index in [0.717, 1.165) is 6.07 Å². The maximum atomic E-state index is 13.0. The first-order valence-corrected chi connectivity index (χ1v) is 5.58. The Labute approximate surface area is 112 Å². The molecular weight excluding hydrogens is 275 g/mol. The fourth-order valence-corrected chi connectivity index (χ4v) is 1.60. The lowest BCUT2D eigenvalue weighted by Gasteiger charge is -2.14. The molecule has 8 heteroatoms. The van der Waals surface area contributed by atoms with Crippen molar-refractivity contribution >= 4 is 0 Å². The molecule has 0 aliphatic carbocycles. The van der Waals surface area contributed by atoms with Gasteiger partial charge in [0.05, 0.1) is 15.5 Å². The van der Waals surface area contributed by atoms with Crippen molar-refractivity contribution in [3.8, 4) is 5.75 Å². The number of methoxy groups -OCH3 is 1. The molecule has 1 aromatic heterocycles. The highest BCUT2D eigenvalue weighted by Crippen LogP contribution is 2.36. The van der Waals surface area contributed by atoms with E-state index in [-0.39, 0.29) is 19.1 Å². The molecule has 1 heterocycles. The summed E-state index contributed by atoms with van der Waals surface area (Å²) in [5.41, 5.74) is -0.449. The largest absolute Gasteiger partial charge is 0.467 e. The van der Waals surface area contributed by atoms with Crippen LogP contribution in [0.15, 0.2) is 24.4 Å². The SMILES string of the molecule is COCOc1ccc(Cn2ncc#[n+]2)cc1C(F)(F)F. The smallest absolute Gasteiger partial charge is 0.419 e. The minimum Gasteiger partial charge on any atom is -0.467 e. The molecule has 0 aliphatic heterocycles. The molecule has 0 saturated carbocycles. The Morgan fingerprint density at radius 2 is 2.20 bits per heavy atom. The van der Waals surface area contributed by atoms with Crippen LogP contribution in [0.5, 0.6) is 5.75 Å². The average molecular weight is 286 g/mol. The molecule has 2 rings (SSSR count). The van der Waals surface area contributed by atoms with Crippen molar-refractivity contribution in [2.24, 2.45) is 0 Å². The molecule has 1 aromatic carbocycles. The highest BCUT2D eigenvalue weighted by Gasteiger charge is 2.34. The van der Waals surface area contributed by atoms with E-state index in [2.05, 4.69) is 21.1 Å². The number of alkyl halides is 3. The average Bonchev–Trinajstić information content (AvgIpc) is 2.89. The van der Waals surface area contributed by atoms with Crippen molar-refractivity contribution in [1.29, 1.82) is 0 Å². The van der Waals surface area contributed by atoms with Crippen LogP contribution >= 0.6 is 0 Å². The number of aromatic nitrogens is 3. The zero-order valence-corrected chi connectivity index (χ0v) is 10.5. The first-order valence-electron chi connectivity index (χ1n) is 5.58. The van der Waals surface area contributed by atoms with Crippen LogP contribution in [0.1, 0.15) is 11.1 Å². The van der Waals surface area contributed by atoms with E-state index in [4.69, 9.17) is 4.74 Å². The summed E-state index contributed by atoms with van der Waals surface area (Å²) in [4.78, 5) is 1.24. The third-order valence-electron chi connectivity index (χ3n) is 2.43. The van der Waals surface area contributed by atoms with Gasteiger partial charge in [0.15, 0.2) is 6.79 Å². The van der Waals surface area contributed by atoms with Gasteiger partial charge in [-0.05, 0) is 17.7 Å². The van der Waals surface area contributed by atoms with Gasteiger partial charge in [-0.15, -0.1) is 0 Å². The monoisotopic (exact) mass is 286 g/mol. The van der Waals surface area contributed by atoms with E-state index < -0.39 is 11.7 Å². The van der Waals surface area contributed by atoms with Crippen molar-refractivity contribution in [2.45, 2.75) is 12.7 Å². The van der Waals surface area contributed by atoms with E-state index in [1.807, 2.05) is 0 Å². The molecule has 0 radical (unpaired) electrons. The second-order valence-electron chi connectivity index (χ2n) is 3.88. The second-order valence-corrected chi connectivity index (χ2v) is 3.88. The Morgan fingerprint density at radius 1 is 1.40 bits per heavy atom. The summed E-state index contributed by atoms with van der Waals surface area (Å²) in [6.07, 6.45) is -0.705. The van der Waals surface area contributed by atoms with Gasteiger partial charge in [-0.3, -0.25) is 0 Å². The third kappa shape index (κ3) is 3.39. The van der Waals surface area contributed by atoms with Gasteiger partial charge in [-0.2, -0.15) is 13.2 Å². The number of hydrogen-bond acceptors (Lipinski definition) is 3. The summed E-state index contributed by atoms with van der Waals surface area (Å²) in [6.45, 7) is -0.130. The lowest BCUT2D eigenvalue weighted by molar-refractivity contribution is -0.425. The summed E-state index contributed by atoms with van der Waals surface area (Å²) in [5, 5.41) is 7.52. The number of halogens is 3. The first kappa shape index (κ1) is 14.1. The quantitative estimate of drug-likeness (QED) is 0.778. The van der Waals surface area contributed by atoms with E-state index in [1.54, 1.807) is 0 Å². The van der Waals surface area contributed by atoms with E-state index >= 15 is 0 Å². The Kier molecular flexibility index (Phi) is 4.10. The van der Waals surface area contributed by atoms with Gasteiger partial charge in [0.2, 0.25) is 0 Å². The summed E-state index contributed by atoms with van der Waals surface area (Å²) in [6, 6.07) is 3.78. The molecule has 0 spiro atoms. The minimum absolute atomic E-state index is 0.122. The molecule has 0 N–H and O–H groups in total. The van der Waals surface area contributed by atoms with Crippen LogP contribution in [0.4, 0.5) is 13.2 Å². The number of hydrogen-bond donors (Lipinski definition) is 0. The van der Waals surface area contributed by atoms with Crippen LogP contribution < -0.4 is 9.84 Å². The Bertz CT molecular complexity index is 556. The third-order valence-corrected chi connectivity index (χ3v) is 2.43. The van der Waals surface area contributed by atoms with Gasteiger partial charge >= 0.3 is 6.18 Å². The van der Waals surface area contributed by atoms with Gasteiger partial charge in [0, 0.05) is 7.11 Å². The lowest BCUT2D eigenvalue weighted by Crippen LogP contribution is -2.16. The fourth-order valence-electron chi connectivity index (χ4n) is 1.60.